The summed E-state index contributed by atoms with van der Waals surface area (Å²) in [6, 6.07) is 17.8. The summed E-state index contributed by atoms with van der Waals surface area (Å²) in [5, 5.41) is 17.7. The van der Waals surface area contributed by atoms with Gasteiger partial charge in [0, 0.05) is 19.2 Å². The molecule has 0 saturated heterocycles. The van der Waals surface area contributed by atoms with Crippen molar-refractivity contribution in [3.05, 3.63) is 84.3 Å². The summed E-state index contributed by atoms with van der Waals surface area (Å²) < 4.78 is 13.5. The number of nitrogens with one attached hydrogen (secondary N) is 3. The molecule has 0 spiro atoms. The first kappa shape index (κ1) is 30.0. The van der Waals surface area contributed by atoms with Gasteiger partial charge in [0.15, 0.2) is 0 Å². The maximum Gasteiger partial charge on any atom is 1.00 e. The number of carboxylic acid groups (broad SMARTS) is 1. The van der Waals surface area contributed by atoms with Crippen LogP contribution in [-0.2, 0) is 14.4 Å². The first-order valence-electron chi connectivity index (χ1n) is 11.7. The van der Waals surface area contributed by atoms with Gasteiger partial charge in [0.25, 0.3) is 0 Å². The summed E-state index contributed by atoms with van der Waals surface area (Å²) >= 11 is 0. The van der Waals surface area contributed by atoms with E-state index in [9.17, 15) is 23.9 Å². The number of aromatic nitrogens is 1. The van der Waals surface area contributed by atoms with Gasteiger partial charge in [-0.2, -0.15) is 0 Å². The Morgan fingerprint density at radius 3 is 2.41 bits per heavy atom. The van der Waals surface area contributed by atoms with E-state index in [1.807, 2.05) is 18.2 Å². The van der Waals surface area contributed by atoms with Crippen LogP contribution in [0.25, 0.3) is 11.1 Å². The first-order chi connectivity index (χ1) is 17.4. The summed E-state index contributed by atoms with van der Waals surface area (Å²) in [6.45, 7) is 0.433. The third kappa shape index (κ3) is 10.7. The van der Waals surface area contributed by atoms with E-state index in [1.165, 1.54) is 12.1 Å². The molecule has 3 rings (SSSR count). The number of amides is 2. The Labute approximate surface area is 238 Å². The number of benzene rings is 2. The number of pyridine rings is 1. The Hall–Kier alpha value is -3.27. The van der Waals surface area contributed by atoms with Crippen molar-refractivity contribution in [2.75, 3.05) is 18.4 Å². The average Bonchev–Trinajstić information content (AvgIpc) is 2.87. The number of rotatable bonds is 13. The molecular formula is C27H30FN4NaO4. The summed E-state index contributed by atoms with van der Waals surface area (Å²) in [5.41, 5.74) is 2.05. The molecule has 0 radical (unpaired) electrons. The van der Waals surface area contributed by atoms with Gasteiger partial charge in [0.05, 0.1) is 19.0 Å². The van der Waals surface area contributed by atoms with Crippen LogP contribution in [0.2, 0.25) is 0 Å². The topological polar surface area (TPSA) is 120 Å². The maximum absolute atomic E-state index is 13.5. The number of anilines is 1. The molecular weight excluding hydrogens is 486 g/mol. The second-order valence-corrected chi connectivity index (χ2v) is 8.23. The predicted molar refractivity (Wildman–Crippen MR) is 136 cm³/mol. The number of hydrogen-bond donors (Lipinski definition) is 4. The van der Waals surface area contributed by atoms with Gasteiger partial charge in [0.1, 0.15) is 11.6 Å². The Balaban J connectivity index is 0.00000361. The van der Waals surface area contributed by atoms with Gasteiger partial charge >= 0.3 is 35.5 Å². The monoisotopic (exact) mass is 516 g/mol. The van der Waals surface area contributed by atoms with Crippen LogP contribution < -0.4 is 45.5 Å². The zero-order valence-corrected chi connectivity index (χ0v) is 22.7. The number of carbonyl (C=O) groups is 3. The summed E-state index contributed by atoms with van der Waals surface area (Å²) in [7, 11) is 0. The van der Waals surface area contributed by atoms with E-state index in [1.54, 1.807) is 42.6 Å². The first-order valence-corrected chi connectivity index (χ1v) is 11.7. The van der Waals surface area contributed by atoms with Crippen LogP contribution >= 0.6 is 0 Å². The molecule has 0 fully saturated rings. The molecule has 0 bridgehead atoms. The average molecular weight is 517 g/mol. The zero-order valence-electron chi connectivity index (χ0n) is 21.7. The van der Waals surface area contributed by atoms with E-state index in [0.29, 0.717) is 24.1 Å². The fourth-order valence-corrected chi connectivity index (χ4v) is 3.61. The van der Waals surface area contributed by atoms with Crippen LogP contribution in [0.15, 0.2) is 72.9 Å². The van der Waals surface area contributed by atoms with E-state index in [-0.39, 0.29) is 62.1 Å². The quantitative estimate of drug-likeness (QED) is 0.199. The van der Waals surface area contributed by atoms with Crippen molar-refractivity contribution in [2.45, 2.75) is 31.7 Å². The van der Waals surface area contributed by atoms with Crippen LogP contribution in [0.1, 0.15) is 38.7 Å². The summed E-state index contributed by atoms with van der Waals surface area (Å²) in [4.78, 5) is 40.0. The summed E-state index contributed by atoms with van der Waals surface area (Å²) in [6.07, 6.45) is 3.07. The van der Waals surface area contributed by atoms with E-state index < -0.39 is 17.9 Å². The van der Waals surface area contributed by atoms with Crippen molar-refractivity contribution < 1.29 is 54.9 Å². The van der Waals surface area contributed by atoms with E-state index in [2.05, 4.69) is 20.9 Å². The Morgan fingerprint density at radius 1 is 0.946 bits per heavy atom. The van der Waals surface area contributed by atoms with Crippen LogP contribution in [0.5, 0.6) is 0 Å². The fourth-order valence-electron chi connectivity index (χ4n) is 3.61. The smallest absolute Gasteiger partial charge is 1.00 e. The van der Waals surface area contributed by atoms with Gasteiger partial charge in [-0.05, 0) is 53.8 Å². The van der Waals surface area contributed by atoms with Gasteiger partial charge < -0.3 is 22.5 Å². The molecule has 2 aromatic carbocycles. The number of carbonyl (C=O) groups excluding carboxylic acids is 2. The molecule has 1 heterocycles. The molecule has 37 heavy (non-hydrogen) atoms. The largest absolute Gasteiger partial charge is 1.00 e. The van der Waals surface area contributed by atoms with Crippen molar-refractivity contribution in [2.24, 2.45) is 0 Å². The van der Waals surface area contributed by atoms with Crippen LogP contribution in [-0.4, -0.2) is 41.0 Å². The number of aliphatic carboxylic acids is 1. The molecule has 0 saturated carbocycles. The number of halogens is 1. The molecule has 2 amide bonds. The van der Waals surface area contributed by atoms with E-state index in [0.717, 1.165) is 17.8 Å². The molecule has 1 atom stereocenters. The second kappa shape index (κ2) is 15.8. The molecule has 0 aliphatic heterocycles. The third-order valence-electron chi connectivity index (χ3n) is 5.43. The van der Waals surface area contributed by atoms with Gasteiger partial charge in [0.2, 0.25) is 11.8 Å². The molecule has 0 aliphatic carbocycles. The van der Waals surface area contributed by atoms with Crippen molar-refractivity contribution in [1.29, 1.82) is 0 Å². The minimum absolute atomic E-state index is 0. The van der Waals surface area contributed by atoms with Crippen molar-refractivity contribution in [3.63, 3.8) is 0 Å². The van der Waals surface area contributed by atoms with Crippen molar-refractivity contribution in [3.8, 4) is 11.1 Å². The molecule has 0 aliphatic rings. The molecule has 10 heteroatoms. The van der Waals surface area contributed by atoms with Crippen molar-refractivity contribution in [1.82, 2.24) is 15.6 Å². The van der Waals surface area contributed by atoms with E-state index in [4.69, 9.17) is 0 Å². The van der Waals surface area contributed by atoms with Crippen LogP contribution in [0.4, 0.5) is 10.2 Å². The Kier molecular flexibility index (Phi) is 12.8. The molecule has 1 unspecified atom stereocenters. The third-order valence-corrected chi connectivity index (χ3v) is 5.43. The Morgan fingerprint density at radius 2 is 1.73 bits per heavy atom. The van der Waals surface area contributed by atoms with Crippen molar-refractivity contribution >= 4 is 23.6 Å². The molecule has 190 valence electrons. The van der Waals surface area contributed by atoms with Gasteiger partial charge in [-0.15, -0.1) is 0 Å². The molecule has 4 N–H and O–H groups in total. The maximum atomic E-state index is 13.5. The van der Waals surface area contributed by atoms with Gasteiger partial charge in [-0.1, -0.05) is 42.5 Å². The second-order valence-electron chi connectivity index (χ2n) is 8.23. The van der Waals surface area contributed by atoms with Crippen LogP contribution in [0, 0.1) is 5.82 Å². The molecule has 3 aromatic rings. The predicted octanol–water partition coefficient (Wildman–Crippen LogP) is 1.03. The minimum atomic E-state index is -1.07. The van der Waals surface area contributed by atoms with Gasteiger partial charge in [-0.3, -0.25) is 14.4 Å². The SMILES string of the molecule is O=C(O)CC(NC(=O)CNC(=O)CCCCNc1ccccn1)c1ccc(-c2cccc(F)c2)cc1.[H-].[Na+]. The fraction of sp³-hybridized carbons (Fsp3) is 0.259. The standard InChI is InChI=1S/C27H29FN4O4.Na.H/c28-22-7-5-6-21(16-22)19-10-12-20(13-11-19)23(17-27(35)36)32-26(34)18-31-25(33)9-2-4-15-30-24-8-1-3-14-29-24;;/h1,3,5-8,10-14,16,23H,2,4,9,15,17-18H2,(H,29,30)(H,31,33)(H,32,34)(H,35,36);;/q;+1;-1. The van der Waals surface area contributed by atoms with Crippen LogP contribution in [0.3, 0.4) is 0 Å². The normalized spacial score (nSPS) is 11.1. The molecule has 8 nitrogen and oxygen atoms in total. The number of nitrogens with zero attached hydrogens (tertiary/aromatic N) is 1. The number of hydrogen-bond acceptors (Lipinski definition) is 5. The zero-order chi connectivity index (χ0) is 25.8. The number of carboxylic acids is 1. The minimum Gasteiger partial charge on any atom is -1.00 e. The summed E-state index contributed by atoms with van der Waals surface area (Å²) in [5.74, 6) is -1.38. The van der Waals surface area contributed by atoms with Gasteiger partial charge in [-0.25, -0.2) is 9.37 Å². The van der Waals surface area contributed by atoms with E-state index >= 15 is 0 Å². The Bertz CT molecular complexity index is 1170. The number of unbranched alkanes of at least 4 members (excludes halogenated alkanes) is 1. The molecule has 1 aromatic heterocycles.